The van der Waals surface area contributed by atoms with Gasteiger partial charge in [-0.1, -0.05) is 0 Å². The number of ether oxygens (including phenoxy) is 1. The smallest absolute Gasteiger partial charge is 0.236 e. The summed E-state index contributed by atoms with van der Waals surface area (Å²) < 4.78 is 42.7. The normalized spacial score (nSPS) is 11.4. The fraction of sp³-hybridized carbons (Fsp3) is 0.444. The second-order valence-electron chi connectivity index (χ2n) is 3.18. The van der Waals surface area contributed by atoms with E-state index in [0.29, 0.717) is 13.2 Å². The largest absolute Gasteiger partial charge is 0.379 e. The van der Waals surface area contributed by atoms with E-state index in [-0.39, 0.29) is 18.2 Å². The van der Waals surface area contributed by atoms with Gasteiger partial charge >= 0.3 is 0 Å². The van der Waals surface area contributed by atoms with Gasteiger partial charge in [-0.15, -0.1) is 0 Å². The van der Waals surface area contributed by atoms with E-state index in [4.69, 9.17) is 10.5 Å². The predicted octanol–water partition coefficient (Wildman–Crippen LogP) is -0.0623. The maximum atomic E-state index is 12.5. The average molecular weight is 263 g/mol. The number of pyridine rings is 1. The molecule has 0 aliphatic heterocycles. The minimum atomic E-state index is -3.53. The molecule has 0 aromatic carbocycles. The molecule has 8 heteroatoms. The molecule has 6 nitrogen and oxygen atoms in total. The fourth-order valence-corrected chi connectivity index (χ4v) is 1.88. The van der Waals surface area contributed by atoms with Gasteiger partial charge in [0.15, 0.2) is 0 Å². The number of hydrogen-bond donors (Lipinski definition) is 2. The van der Waals surface area contributed by atoms with Gasteiger partial charge in [-0.25, -0.2) is 17.8 Å². The lowest BCUT2D eigenvalue weighted by Crippen LogP contribution is -2.22. The molecule has 0 unspecified atom stereocenters. The van der Waals surface area contributed by atoms with Crippen LogP contribution in [0, 0.1) is 5.82 Å². The molecule has 0 fully saturated rings. The zero-order chi connectivity index (χ0) is 12.7. The van der Waals surface area contributed by atoms with Crippen LogP contribution in [-0.4, -0.2) is 38.9 Å². The van der Waals surface area contributed by atoms with Crippen LogP contribution in [0.1, 0.15) is 0 Å². The van der Waals surface area contributed by atoms with E-state index < -0.39 is 15.8 Å². The molecule has 17 heavy (non-hydrogen) atoms. The fourth-order valence-electron chi connectivity index (χ4n) is 1.00. The maximum Gasteiger partial charge on any atom is 0.236 e. The molecule has 0 aliphatic carbocycles. The third-order valence-electron chi connectivity index (χ3n) is 1.75. The van der Waals surface area contributed by atoms with E-state index in [2.05, 4.69) is 9.71 Å². The van der Waals surface area contributed by atoms with Crippen LogP contribution in [0.15, 0.2) is 18.3 Å². The maximum absolute atomic E-state index is 12.5. The lowest BCUT2D eigenvalue weighted by molar-refractivity contribution is 0.157. The quantitative estimate of drug-likeness (QED) is 0.672. The third kappa shape index (κ3) is 5.57. The second-order valence-corrected chi connectivity index (χ2v) is 5.03. The highest BCUT2D eigenvalue weighted by atomic mass is 32.2. The molecule has 0 saturated heterocycles. The standard InChI is InChI=1S/C9H14FN3O3S/c10-8-1-2-9(12-7-8)13-17(14,15)6-5-16-4-3-11/h1-2,7H,3-6,11H2,(H,12,13). The summed E-state index contributed by atoms with van der Waals surface area (Å²) in [5, 5.41) is 0. The molecule has 0 amide bonds. The number of nitrogens with one attached hydrogen (secondary N) is 1. The van der Waals surface area contributed by atoms with Gasteiger partial charge < -0.3 is 10.5 Å². The Bertz CT molecular complexity index is 435. The molecular formula is C9H14FN3O3S. The number of halogens is 1. The van der Waals surface area contributed by atoms with E-state index in [1.807, 2.05) is 0 Å². The summed E-state index contributed by atoms with van der Waals surface area (Å²) in [6.45, 7) is 0.699. The van der Waals surface area contributed by atoms with Crippen LogP contribution in [0.2, 0.25) is 0 Å². The topological polar surface area (TPSA) is 94.3 Å². The van der Waals surface area contributed by atoms with Gasteiger partial charge in [-0.2, -0.15) is 0 Å². The summed E-state index contributed by atoms with van der Waals surface area (Å²) in [7, 11) is -3.53. The lowest BCUT2D eigenvalue weighted by atomic mass is 10.5. The molecule has 1 aromatic heterocycles. The molecule has 1 rings (SSSR count). The Balaban J connectivity index is 2.46. The molecule has 1 aromatic rings. The SMILES string of the molecule is NCCOCCS(=O)(=O)Nc1ccc(F)cn1. The first-order valence-electron chi connectivity index (χ1n) is 4.93. The molecule has 0 saturated carbocycles. The first-order valence-corrected chi connectivity index (χ1v) is 6.58. The van der Waals surface area contributed by atoms with Crippen molar-refractivity contribution in [3.05, 3.63) is 24.1 Å². The van der Waals surface area contributed by atoms with Crippen molar-refractivity contribution in [2.24, 2.45) is 5.73 Å². The molecule has 0 spiro atoms. The molecule has 1 heterocycles. The number of hydrogen-bond acceptors (Lipinski definition) is 5. The molecule has 0 atom stereocenters. The van der Waals surface area contributed by atoms with Crippen LogP contribution in [0.4, 0.5) is 10.2 Å². The van der Waals surface area contributed by atoms with Gasteiger partial charge in [0.2, 0.25) is 10.0 Å². The minimum Gasteiger partial charge on any atom is -0.379 e. The summed E-state index contributed by atoms with van der Waals surface area (Å²) >= 11 is 0. The highest BCUT2D eigenvalue weighted by Gasteiger charge is 2.10. The van der Waals surface area contributed by atoms with E-state index in [9.17, 15) is 12.8 Å². The van der Waals surface area contributed by atoms with Gasteiger partial charge in [0.05, 0.1) is 25.2 Å². The number of nitrogens with two attached hydrogens (primary N) is 1. The first-order chi connectivity index (χ1) is 8.03. The molecular weight excluding hydrogens is 249 g/mol. The molecule has 0 aliphatic rings. The van der Waals surface area contributed by atoms with Gasteiger partial charge in [0.25, 0.3) is 0 Å². The Morgan fingerprint density at radius 1 is 1.41 bits per heavy atom. The summed E-state index contributed by atoms with van der Waals surface area (Å²) in [5.41, 5.74) is 5.18. The average Bonchev–Trinajstić information content (AvgIpc) is 2.27. The predicted molar refractivity (Wildman–Crippen MR) is 61.5 cm³/mol. The van der Waals surface area contributed by atoms with Crippen molar-refractivity contribution in [1.29, 1.82) is 0 Å². The van der Waals surface area contributed by atoms with Crippen molar-refractivity contribution in [2.45, 2.75) is 0 Å². The third-order valence-corrected chi connectivity index (χ3v) is 2.97. The summed E-state index contributed by atoms with van der Waals surface area (Å²) in [6, 6.07) is 2.36. The van der Waals surface area contributed by atoms with Gasteiger partial charge in [-0.05, 0) is 12.1 Å². The van der Waals surface area contributed by atoms with E-state index >= 15 is 0 Å². The van der Waals surface area contributed by atoms with Crippen molar-refractivity contribution in [1.82, 2.24) is 4.98 Å². The first kappa shape index (κ1) is 13.8. The lowest BCUT2D eigenvalue weighted by Gasteiger charge is -2.07. The van der Waals surface area contributed by atoms with E-state index in [1.165, 1.54) is 6.07 Å². The van der Waals surface area contributed by atoms with Crippen LogP contribution in [0.5, 0.6) is 0 Å². The molecule has 96 valence electrons. The van der Waals surface area contributed by atoms with Gasteiger partial charge in [-0.3, -0.25) is 4.72 Å². The van der Waals surface area contributed by atoms with E-state index in [1.54, 1.807) is 0 Å². The Hall–Kier alpha value is -1.25. The highest BCUT2D eigenvalue weighted by molar-refractivity contribution is 7.92. The van der Waals surface area contributed by atoms with Crippen molar-refractivity contribution < 1.29 is 17.5 Å². The second kappa shape index (κ2) is 6.48. The minimum absolute atomic E-state index is 0.0493. The Morgan fingerprint density at radius 2 is 2.18 bits per heavy atom. The Morgan fingerprint density at radius 3 is 2.76 bits per heavy atom. The Kier molecular flexibility index (Phi) is 5.26. The van der Waals surface area contributed by atoms with Crippen molar-refractivity contribution in [3.8, 4) is 0 Å². The number of anilines is 1. The van der Waals surface area contributed by atoms with Crippen molar-refractivity contribution in [3.63, 3.8) is 0 Å². The zero-order valence-corrected chi connectivity index (χ0v) is 9.91. The molecule has 3 N–H and O–H groups in total. The van der Waals surface area contributed by atoms with E-state index in [0.717, 1.165) is 12.3 Å². The summed E-state index contributed by atoms with van der Waals surface area (Å²) in [4.78, 5) is 3.58. The van der Waals surface area contributed by atoms with Crippen LogP contribution in [-0.2, 0) is 14.8 Å². The highest BCUT2D eigenvalue weighted by Crippen LogP contribution is 2.06. The number of sulfonamides is 1. The zero-order valence-electron chi connectivity index (χ0n) is 9.10. The van der Waals surface area contributed by atoms with Crippen LogP contribution < -0.4 is 10.5 Å². The van der Waals surface area contributed by atoms with Crippen molar-refractivity contribution >= 4 is 15.8 Å². The molecule has 0 radical (unpaired) electrons. The van der Waals surface area contributed by atoms with Crippen molar-refractivity contribution in [2.75, 3.05) is 30.2 Å². The summed E-state index contributed by atoms with van der Waals surface area (Å²) in [6.07, 6.45) is 0.933. The van der Waals surface area contributed by atoms with Gasteiger partial charge in [0.1, 0.15) is 11.6 Å². The number of nitrogens with zero attached hydrogens (tertiary/aromatic N) is 1. The summed E-state index contributed by atoms with van der Waals surface area (Å²) in [5.74, 6) is -0.657. The van der Waals surface area contributed by atoms with Crippen LogP contribution in [0.25, 0.3) is 0 Å². The monoisotopic (exact) mass is 263 g/mol. The number of aromatic nitrogens is 1. The molecule has 0 bridgehead atoms. The van der Waals surface area contributed by atoms with Crippen LogP contribution >= 0.6 is 0 Å². The Labute approximate surface area is 99.0 Å². The van der Waals surface area contributed by atoms with Gasteiger partial charge in [0, 0.05) is 6.54 Å². The number of rotatable bonds is 7. The van der Waals surface area contributed by atoms with Crippen LogP contribution in [0.3, 0.4) is 0 Å².